The van der Waals surface area contributed by atoms with Crippen LogP contribution in [0.25, 0.3) is 11.0 Å². The maximum atomic E-state index is 13.6. The minimum absolute atomic E-state index is 0.0627. The van der Waals surface area contributed by atoms with Gasteiger partial charge in [-0.3, -0.25) is 24.5 Å². The van der Waals surface area contributed by atoms with Crippen molar-refractivity contribution >= 4 is 68.0 Å². The molecule has 2 aromatic heterocycles. The summed E-state index contributed by atoms with van der Waals surface area (Å²) in [4.78, 5) is 43.4. The van der Waals surface area contributed by atoms with Crippen LogP contribution in [0.5, 0.6) is 5.88 Å². The van der Waals surface area contributed by atoms with Crippen LogP contribution in [0.4, 0.5) is 11.5 Å². The molecule has 1 amide bonds. The molecule has 0 bridgehead atoms. The highest BCUT2D eigenvalue weighted by atomic mass is 79.9. The molecule has 0 spiro atoms. The Morgan fingerprint density at radius 2 is 1.98 bits per heavy atom. The van der Waals surface area contributed by atoms with E-state index in [1.807, 2.05) is 32.9 Å². The molecule has 0 saturated carbocycles. The van der Waals surface area contributed by atoms with E-state index in [1.165, 1.54) is 4.90 Å². The molecule has 242 valence electrons. The summed E-state index contributed by atoms with van der Waals surface area (Å²) in [6.45, 7) is 10.4. The van der Waals surface area contributed by atoms with E-state index >= 15 is 0 Å². The fourth-order valence-corrected chi connectivity index (χ4v) is 5.90. The third-order valence-corrected chi connectivity index (χ3v) is 8.29. The first kappa shape index (κ1) is 32.9. The number of ether oxygens (including phenoxy) is 3. The summed E-state index contributed by atoms with van der Waals surface area (Å²) in [6.07, 6.45) is 3.11. The summed E-state index contributed by atoms with van der Waals surface area (Å²) in [5.41, 5.74) is 1.74. The number of nitrogens with one attached hydrogen (secondary N) is 2. The molecule has 14 nitrogen and oxygen atoms in total. The molecule has 16 heteroatoms. The second kappa shape index (κ2) is 15.2. The second-order valence-electron chi connectivity index (χ2n) is 11.6. The van der Waals surface area contributed by atoms with Gasteiger partial charge in [0, 0.05) is 57.0 Å². The molecule has 45 heavy (non-hydrogen) atoms. The van der Waals surface area contributed by atoms with Crippen molar-refractivity contribution < 1.29 is 23.8 Å². The van der Waals surface area contributed by atoms with E-state index < -0.39 is 12.1 Å². The van der Waals surface area contributed by atoms with E-state index in [4.69, 9.17) is 14.2 Å². The molecule has 1 saturated heterocycles. The second-order valence-corrected chi connectivity index (χ2v) is 12.9. The third kappa shape index (κ3) is 8.83. The predicted molar refractivity (Wildman–Crippen MR) is 175 cm³/mol. The molecular formula is C29H38BrN9O5S. The Balaban J connectivity index is 1.19. The van der Waals surface area contributed by atoms with Crippen LogP contribution >= 0.6 is 27.7 Å². The van der Waals surface area contributed by atoms with Gasteiger partial charge in [0.15, 0.2) is 0 Å². The van der Waals surface area contributed by atoms with Gasteiger partial charge in [-0.15, -0.1) is 4.37 Å². The number of anilines is 2. The lowest BCUT2D eigenvalue weighted by Crippen LogP contribution is -2.44. The number of benzene rings is 1. The van der Waals surface area contributed by atoms with Crippen molar-refractivity contribution in [2.75, 3.05) is 62.3 Å². The summed E-state index contributed by atoms with van der Waals surface area (Å²) in [7, 11) is 0. The van der Waals surface area contributed by atoms with Gasteiger partial charge in [-0.2, -0.15) is 4.37 Å². The minimum atomic E-state index is -0.574. The van der Waals surface area contributed by atoms with Crippen molar-refractivity contribution in [3.8, 4) is 5.88 Å². The SMILES string of the molecule is CC(C)(C)NC[C@@H](COc1nsnc1N1CCOCC1)OC(=O)CCCC(=O)N(C1=NCCN1)c1ccc2nccnc2c1Br. The highest BCUT2D eigenvalue weighted by Gasteiger charge is 2.28. The number of aliphatic imine (C=N–C) groups is 1. The van der Waals surface area contributed by atoms with Gasteiger partial charge in [-0.1, -0.05) is 0 Å². The van der Waals surface area contributed by atoms with Crippen LogP contribution in [0.15, 0.2) is 34.0 Å². The number of fused-ring (bicyclic) bond motifs is 1. The zero-order valence-corrected chi connectivity index (χ0v) is 28.0. The number of carbonyl (C=O) groups excluding carboxylic acids is 2. The average Bonchev–Trinajstić information content (AvgIpc) is 3.73. The number of halogens is 1. The lowest BCUT2D eigenvalue weighted by atomic mass is 10.1. The highest BCUT2D eigenvalue weighted by Crippen LogP contribution is 2.33. The summed E-state index contributed by atoms with van der Waals surface area (Å²) in [5, 5.41) is 6.56. The molecule has 3 aromatic rings. The Hall–Kier alpha value is -3.47. The Kier molecular flexibility index (Phi) is 11.1. The minimum Gasteiger partial charge on any atom is -0.470 e. The summed E-state index contributed by atoms with van der Waals surface area (Å²) < 4.78 is 26.6. The molecule has 0 unspecified atom stereocenters. The number of hydrogen-bond donors (Lipinski definition) is 2. The van der Waals surface area contributed by atoms with Crippen LogP contribution in [0.2, 0.25) is 0 Å². The molecular weight excluding hydrogens is 666 g/mol. The number of amides is 1. The molecule has 2 N–H and O–H groups in total. The summed E-state index contributed by atoms with van der Waals surface area (Å²) >= 11 is 4.69. The summed E-state index contributed by atoms with van der Waals surface area (Å²) in [6, 6.07) is 3.62. The van der Waals surface area contributed by atoms with Crippen molar-refractivity contribution in [1.82, 2.24) is 29.3 Å². The number of rotatable bonds is 12. The van der Waals surface area contributed by atoms with Gasteiger partial charge in [-0.05, 0) is 55.3 Å². The number of carbonyl (C=O) groups is 2. The number of aromatic nitrogens is 4. The van der Waals surface area contributed by atoms with Gasteiger partial charge in [0.2, 0.25) is 17.7 Å². The maximum Gasteiger partial charge on any atom is 0.306 e. The van der Waals surface area contributed by atoms with Gasteiger partial charge in [-0.25, -0.2) is 4.90 Å². The van der Waals surface area contributed by atoms with Crippen molar-refractivity contribution in [3.63, 3.8) is 0 Å². The van der Waals surface area contributed by atoms with Crippen LogP contribution in [-0.4, -0.2) is 101 Å². The number of hydrogen-bond acceptors (Lipinski definition) is 14. The van der Waals surface area contributed by atoms with E-state index in [1.54, 1.807) is 12.4 Å². The molecule has 5 rings (SSSR count). The lowest BCUT2D eigenvalue weighted by Gasteiger charge is -2.27. The maximum absolute atomic E-state index is 13.6. The van der Waals surface area contributed by atoms with Crippen LogP contribution in [0.3, 0.4) is 0 Å². The molecule has 1 aromatic carbocycles. The molecule has 1 atom stereocenters. The van der Waals surface area contributed by atoms with E-state index in [9.17, 15) is 9.59 Å². The topological polar surface area (TPSA) is 156 Å². The van der Waals surface area contributed by atoms with Crippen LogP contribution in [0.1, 0.15) is 40.0 Å². The molecule has 2 aliphatic rings. The molecule has 0 radical (unpaired) electrons. The van der Waals surface area contributed by atoms with E-state index in [-0.39, 0.29) is 30.9 Å². The normalized spacial score (nSPS) is 15.8. The Bertz CT molecular complexity index is 1510. The van der Waals surface area contributed by atoms with E-state index in [0.29, 0.717) is 91.2 Å². The Morgan fingerprint density at radius 3 is 2.73 bits per heavy atom. The molecule has 1 fully saturated rings. The van der Waals surface area contributed by atoms with Gasteiger partial charge in [0.1, 0.15) is 18.2 Å². The first-order valence-corrected chi connectivity index (χ1v) is 16.4. The first-order chi connectivity index (χ1) is 21.7. The van der Waals surface area contributed by atoms with Crippen molar-refractivity contribution in [2.45, 2.75) is 51.7 Å². The number of guanidine groups is 1. The fraction of sp³-hybridized carbons (Fsp3) is 0.552. The van der Waals surface area contributed by atoms with Crippen LogP contribution in [0, 0.1) is 0 Å². The zero-order valence-electron chi connectivity index (χ0n) is 25.6. The monoisotopic (exact) mass is 703 g/mol. The molecule has 0 aliphatic carbocycles. The van der Waals surface area contributed by atoms with Crippen LogP contribution in [-0.2, 0) is 19.1 Å². The largest absolute Gasteiger partial charge is 0.470 e. The standard InChI is InChI=1S/C29H38BrN9O5S/c1-29(2,3)35-17-19(18-43-27-26(36-45-37-27)38-13-15-42-16-14-38)44-23(41)6-4-5-22(40)39(28-33-11-12-34-28)21-8-7-20-25(24(21)30)32-10-9-31-20/h7-10,19,35H,4-6,11-18H2,1-3H3,(H,33,34)/t19-/m0/s1. The third-order valence-electron chi connectivity index (χ3n) is 7.01. The smallest absolute Gasteiger partial charge is 0.306 e. The quantitative estimate of drug-likeness (QED) is 0.266. The highest BCUT2D eigenvalue weighted by molar-refractivity contribution is 9.10. The molecule has 2 aliphatic heterocycles. The van der Waals surface area contributed by atoms with Gasteiger partial charge in [0.05, 0.1) is 47.2 Å². The van der Waals surface area contributed by atoms with E-state index in [0.717, 1.165) is 11.7 Å². The fourth-order valence-electron chi connectivity index (χ4n) is 4.77. The van der Waals surface area contributed by atoms with Crippen LogP contribution < -0.4 is 25.2 Å². The Morgan fingerprint density at radius 1 is 1.18 bits per heavy atom. The first-order valence-electron chi connectivity index (χ1n) is 14.9. The van der Waals surface area contributed by atoms with Crippen molar-refractivity contribution in [1.29, 1.82) is 0 Å². The molecule has 4 heterocycles. The number of esters is 1. The number of morpholine rings is 1. The average molecular weight is 705 g/mol. The van der Waals surface area contributed by atoms with Crippen molar-refractivity contribution in [2.24, 2.45) is 4.99 Å². The van der Waals surface area contributed by atoms with Gasteiger partial charge >= 0.3 is 5.97 Å². The van der Waals surface area contributed by atoms with Gasteiger partial charge < -0.3 is 29.7 Å². The lowest BCUT2D eigenvalue weighted by molar-refractivity contribution is -0.150. The van der Waals surface area contributed by atoms with Gasteiger partial charge in [0.25, 0.3) is 5.88 Å². The number of nitrogens with zero attached hydrogens (tertiary/aromatic N) is 7. The Labute approximate surface area is 274 Å². The predicted octanol–water partition coefficient (Wildman–Crippen LogP) is 2.92. The zero-order chi connectivity index (χ0) is 31.8. The summed E-state index contributed by atoms with van der Waals surface area (Å²) in [5.74, 6) is 0.929. The van der Waals surface area contributed by atoms with Crippen molar-refractivity contribution in [3.05, 3.63) is 29.0 Å². The van der Waals surface area contributed by atoms with E-state index in [2.05, 4.69) is 55.2 Å².